The van der Waals surface area contributed by atoms with Gasteiger partial charge in [-0.1, -0.05) is 26.7 Å². The predicted octanol–water partition coefficient (Wildman–Crippen LogP) is 2.50. The van der Waals surface area contributed by atoms with Crippen molar-refractivity contribution in [3.8, 4) is 6.07 Å². The van der Waals surface area contributed by atoms with E-state index in [0.29, 0.717) is 0 Å². The fourth-order valence-electron chi connectivity index (χ4n) is 0.817. The Morgan fingerprint density at radius 3 is 2.55 bits per heavy atom. The Kier molecular flexibility index (Phi) is 7.18. The van der Waals surface area contributed by atoms with Crippen LogP contribution in [-0.2, 0) is 4.74 Å². The highest BCUT2D eigenvalue weighted by molar-refractivity contribution is 4.83. The minimum Gasteiger partial charge on any atom is -0.363 e. The first-order valence-electron chi connectivity index (χ1n) is 4.36. The summed E-state index contributed by atoms with van der Waals surface area (Å²) < 4.78 is 5.31. The van der Waals surface area contributed by atoms with Crippen molar-refractivity contribution in [2.45, 2.75) is 45.6 Å². The molecule has 64 valence electrons. The largest absolute Gasteiger partial charge is 0.363 e. The maximum atomic E-state index is 8.58. The molecule has 0 aromatic carbocycles. The van der Waals surface area contributed by atoms with Crippen molar-refractivity contribution >= 4 is 0 Å². The highest BCUT2D eigenvalue weighted by atomic mass is 16.5. The summed E-state index contributed by atoms with van der Waals surface area (Å²) in [7, 11) is 0. The minimum atomic E-state index is -0.174. The summed E-state index contributed by atoms with van der Waals surface area (Å²) in [4.78, 5) is 0. The zero-order valence-electron chi connectivity index (χ0n) is 7.47. The molecule has 0 aliphatic rings. The van der Waals surface area contributed by atoms with Gasteiger partial charge < -0.3 is 4.74 Å². The summed E-state index contributed by atoms with van der Waals surface area (Å²) in [5.41, 5.74) is 0. The summed E-state index contributed by atoms with van der Waals surface area (Å²) in [6.45, 7) is 4.91. The third-order valence-electron chi connectivity index (χ3n) is 1.51. The molecule has 0 amide bonds. The van der Waals surface area contributed by atoms with E-state index in [9.17, 15) is 0 Å². The first-order chi connectivity index (χ1) is 5.35. The second-order valence-electron chi connectivity index (χ2n) is 2.63. The molecule has 0 saturated carbocycles. The molecule has 0 fully saturated rings. The van der Waals surface area contributed by atoms with Crippen LogP contribution in [0.2, 0.25) is 0 Å². The number of hydrogen-bond acceptors (Lipinski definition) is 2. The Morgan fingerprint density at radius 1 is 1.36 bits per heavy atom. The summed E-state index contributed by atoms with van der Waals surface area (Å²) in [5, 5.41) is 8.58. The Bertz CT molecular complexity index is 117. The van der Waals surface area contributed by atoms with Gasteiger partial charge in [0.05, 0.1) is 6.07 Å². The zero-order valence-corrected chi connectivity index (χ0v) is 7.47. The second kappa shape index (κ2) is 7.56. The van der Waals surface area contributed by atoms with Gasteiger partial charge in [-0.05, 0) is 12.8 Å². The Balaban J connectivity index is 3.30. The van der Waals surface area contributed by atoms with Gasteiger partial charge in [-0.3, -0.25) is 0 Å². The molecule has 2 nitrogen and oxygen atoms in total. The van der Waals surface area contributed by atoms with Gasteiger partial charge in [0.25, 0.3) is 0 Å². The van der Waals surface area contributed by atoms with Crippen LogP contribution in [0.4, 0.5) is 0 Å². The molecule has 0 aromatic heterocycles. The lowest BCUT2D eigenvalue weighted by atomic mass is 10.2. The van der Waals surface area contributed by atoms with Gasteiger partial charge in [0.15, 0.2) is 0 Å². The summed E-state index contributed by atoms with van der Waals surface area (Å²) in [6, 6.07) is 2.14. The van der Waals surface area contributed by atoms with Crippen LogP contribution in [-0.4, -0.2) is 12.7 Å². The molecule has 0 radical (unpaired) electrons. The van der Waals surface area contributed by atoms with Crippen molar-refractivity contribution in [3.63, 3.8) is 0 Å². The van der Waals surface area contributed by atoms with Gasteiger partial charge in [0, 0.05) is 6.61 Å². The van der Waals surface area contributed by atoms with E-state index < -0.39 is 0 Å². The van der Waals surface area contributed by atoms with Crippen LogP contribution in [0.25, 0.3) is 0 Å². The molecule has 0 spiro atoms. The number of hydrogen-bond donors (Lipinski definition) is 0. The third kappa shape index (κ3) is 5.87. The first kappa shape index (κ1) is 10.4. The predicted molar refractivity (Wildman–Crippen MR) is 45.2 cm³/mol. The van der Waals surface area contributed by atoms with Gasteiger partial charge in [-0.2, -0.15) is 5.26 Å². The van der Waals surface area contributed by atoms with Crippen molar-refractivity contribution in [3.05, 3.63) is 0 Å². The lowest BCUT2D eigenvalue weighted by molar-refractivity contribution is 0.0816. The fraction of sp³-hybridized carbons (Fsp3) is 0.889. The van der Waals surface area contributed by atoms with E-state index in [2.05, 4.69) is 19.9 Å². The van der Waals surface area contributed by atoms with Crippen LogP contribution in [0.3, 0.4) is 0 Å². The van der Waals surface area contributed by atoms with Gasteiger partial charge >= 0.3 is 0 Å². The highest BCUT2D eigenvalue weighted by Crippen LogP contribution is 2.01. The van der Waals surface area contributed by atoms with Crippen molar-refractivity contribution in [2.24, 2.45) is 0 Å². The molecule has 2 heteroatoms. The average Bonchev–Trinajstić information content (AvgIpc) is 2.03. The maximum absolute atomic E-state index is 8.58. The Hall–Kier alpha value is -0.550. The maximum Gasteiger partial charge on any atom is 0.143 e. The summed E-state index contributed by atoms with van der Waals surface area (Å²) in [5.74, 6) is 0. The van der Waals surface area contributed by atoms with Crippen LogP contribution >= 0.6 is 0 Å². The van der Waals surface area contributed by atoms with E-state index in [1.807, 2.05) is 0 Å². The van der Waals surface area contributed by atoms with Gasteiger partial charge in [-0.15, -0.1) is 0 Å². The smallest absolute Gasteiger partial charge is 0.143 e. The molecule has 0 bridgehead atoms. The lowest BCUT2D eigenvalue weighted by Crippen LogP contribution is -2.10. The van der Waals surface area contributed by atoms with Gasteiger partial charge in [0.1, 0.15) is 6.10 Å². The van der Waals surface area contributed by atoms with E-state index in [4.69, 9.17) is 10.00 Å². The van der Waals surface area contributed by atoms with Crippen molar-refractivity contribution in [2.75, 3.05) is 6.61 Å². The second-order valence-corrected chi connectivity index (χ2v) is 2.63. The average molecular weight is 155 g/mol. The van der Waals surface area contributed by atoms with E-state index in [0.717, 1.165) is 32.3 Å². The SMILES string of the molecule is CCCCOC(C#N)CCC. The number of nitrogens with zero attached hydrogens (tertiary/aromatic N) is 1. The molecular weight excluding hydrogens is 138 g/mol. The molecule has 0 saturated heterocycles. The standard InChI is InChI=1S/C9H17NO/c1-3-5-7-11-9(8-10)6-4-2/h9H,3-7H2,1-2H3. The topological polar surface area (TPSA) is 33.0 Å². The zero-order chi connectivity index (χ0) is 8.53. The van der Waals surface area contributed by atoms with E-state index >= 15 is 0 Å². The van der Waals surface area contributed by atoms with Crippen molar-refractivity contribution in [1.29, 1.82) is 5.26 Å². The van der Waals surface area contributed by atoms with Crippen molar-refractivity contribution in [1.82, 2.24) is 0 Å². The molecular formula is C9H17NO. The lowest BCUT2D eigenvalue weighted by Gasteiger charge is -2.07. The number of rotatable bonds is 6. The Morgan fingerprint density at radius 2 is 2.09 bits per heavy atom. The number of unbranched alkanes of at least 4 members (excludes halogenated alkanes) is 1. The quantitative estimate of drug-likeness (QED) is 0.552. The number of nitriles is 1. The minimum absolute atomic E-state index is 0.174. The first-order valence-corrected chi connectivity index (χ1v) is 4.36. The fourth-order valence-corrected chi connectivity index (χ4v) is 0.817. The molecule has 0 heterocycles. The third-order valence-corrected chi connectivity index (χ3v) is 1.51. The highest BCUT2D eigenvalue weighted by Gasteiger charge is 2.03. The van der Waals surface area contributed by atoms with Crippen LogP contribution in [0, 0.1) is 11.3 Å². The normalized spacial score (nSPS) is 12.5. The van der Waals surface area contributed by atoms with E-state index in [1.165, 1.54) is 0 Å². The van der Waals surface area contributed by atoms with Crippen LogP contribution in [0.1, 0.15) is 39.5 Å². The monoisotopic (exact) mass is 155 g/mol. The van der Waals surface area contributed by atoms with E-state index in [1.54, 1.807) is 0 Å². The molecule has 0 aromatic rings. The van der Waals surface area contributed by atoms with Gasteiger partial charge in [0.2, 0.25) is 0 Å². The van der Waals surface area contributed by atoms with Crippen LogP contribution in [0.15, 0.2) is 0 Å². The molecule has 0 aliphatic heterocycles. The molecule has 0 N–H and O–H groups in total. The molecule has 0 rings (SSSR count). The van der Waals surface area contributed by atoms with Crippen LogP contribution in [0.5, 0.6) is 0 Å². The summed E-state index contributed by atoms with van der Waals surface area (Å²) >= 11 is 0. The summed E-state index contributed by atoms with van der Waals surface area (Å²) in [6.07, 6.45) is 3.89. The van der Waals surface area contributed by atoms with Gasteiger partial charge in [-0.25, -0.2) is 0 Å². The van der Waals surface area contributed by atoms with Crippen LogP contribution < -0.4 is 0 Å². The molecule has 0 aliphatic carbocycles. The molecule has 1 unspecified atom stereocenters. The molecule has 1 atom stereocenters. The number of ether oxygens (including phenoxy) is 1. The van der Waals surface area contributed by atoms with Crippen molar-refractivity contribution < 1.29 is 4.74 Å². The Labute approximate surface area is 69.2 Å². The van der Waals surface area contributed by atoms with E-state index in [-0.39, 0.29) is 6.10 Å². The molecule has 11 heavy (non-hydrogen) atoms.